The zero-order valence-corrected chi connectivity index (χ0v) is 13.4. The molecule has 6 heteroatoms. The van der Waals surface area contributed by atoms with Gasteiger partial charge in [-0.2, -0.15) is 0 Å². The molecule has 0 saturated carbocycles. The van der Waals surface area contributed by atoms with Crippen LogP contribution in [-0.4, -0.2) is 23.7 Å². The molecule has 0 heterocycles. The van der Waals surface area contributed by atoms with Crippen LogP contribution in [0.3, 0.4) is 0 Å². The predicted octanol–water partition coefficient (Wildman–Crippen LogP) is 3.20. The molecule has 0 saturated heterocycles. The van der Waals surface area contributed by atoms with E-state index in [0.717, 1.165) is 5.69 Å². The first kappa shape index (κ1) is 17.2. The van der Waals surface area contributed by atoms with Crippen LogP contribution in [0, 0.1) is 5.82 Å². The van der Waals surface area contributed by atoms with E-state index < -0.39 is 5.82 Å². The third-order valence-electron chi connectivity index (χ3n) is 3.31. The van der Waals surface area contributed by atoms with Gasteiger partial charge in [0.15, 0.2) is 0 Å². The SMILES string of the molecule is CC(CO)NC(=O)c1ccc(NCc2cccc(F)c2Cl)cc1. The minimum Gasteiger partial charge on any atom is -0.394 e. The third kappa shape index (κ3) is 4.68. The number of halogens is 2. The van der Waals surface area contributed by atoms with Crippen LogP contribution >= 0.6 is 11.6 Å². The number of carbonyl (C=O) groups is 1. The van der Waals surface area contributed by atoms with Gasteiger partial charge in [0.1, 0.15) is 5.82 Å². The molecule has 0 aliphatic carbocycles. The number of aliphatic hydroxyl groups excluding tert-OH is 1. The molecule has 3 N–H and O–H groups in total. The molecule has 0 radical (unpaired) electrons. The van der Waals surface area contributed by atoms with E-state index in [-0.39, 0.29) is 23.6 Å². The number of carbonyl (C=O) groups excluding carboxylic acids is 1. The Balaban J connectivity index is 1.97. The molecule has 4 nitrogen and oxygen atoms in total. The van der Waals surface area contributed by atoms with Gasteiger partial charge in [-0.15, -0.1) is 0 Å². The van der Waals surface area contributed by atoms with Crippen molar-refractivity contribution in [1.29, 1.82) is 0 Å². The molecule has 1 amide bonds. The average Bonchev–Trinajstić information content (AvgIpc) is 2.56. The zero-order valence-electron chi connectivity index (χ0n) is 12.6. The van der Waals surface area contributed by atoms with Gasteiger partial charge < -0.3 is 15.7 Å². The summed E-state index contributed by atoms with van der Waals surface area (Å²) in [5.41, 5.74) is 1.95. The van der Waals surface area contributed by atoms with Crippen LogP contribution in [0.25, 0.3) is 0 Å². The number of aliphatic hydroxyl groups is 1. The van der Waals surface area contributed by atoms with E-state index in [2.05, 4.69) is 10.6 Å². The van der Waals surface area contributed by atoms with Crippen molar-refractivity contribution in [2.45, 2.75) is 19.5 Å². The van der Waals surface area contributed by atoms with Crippen LogP contribution in [0.1, 0.15) is 22.8 Å². The molecule has 0 bridgehead atoms. The highest BCUT2D eigenvalue weighted by Gasteiger charge is 2.09. The average molecular weight is 337 g/mol. The monoisotopic (exact) mass is 336 g/mol. The first-order chi connectivity index (χ1) is 11.0. The zero-order chi connectivity index (χ0) is 16.8. The molecule has 23 heavy (non-hydrogen) atoms. The van der Waals surface area contributed by atoms with E-state index in [1.807, 2.05) is 0 Å². The highest BCUT2D eigenvalue weighted by molar-refractivity contribution is 6.31. The fourth-order valence-electron chi connectivity index (χ4n) is 1.97. The predicted molar refractivity (Wildman–Crippen MR) is 89.2 cm³/mol. The molecule has 0 fully saturated rings. The van der Waals surface area contributed by atoms with Crippen molar-refractivity contribution >= 4 is 23.2 Å². The molecule has 2 aromatic carbocycles. The Kier molecular flexibility index (Phi) is 5.96. The maximum atomic E-state index is 13.4. The molecule has 122 valence electrons. The molecule has 1 unspecified atom stereocenters. The van der Waals surface area contributed by atoms with Gasteiger partial charge >= 0.3 is 0 Å². The number of anilines is 1. The normalized spacial score (nSPS) is 11.8. The molecule has 2 rings (SSSR count). The van der Waals surface area contributed by atoms with Crippen LogP contribution in [0.2, 0.25) is 5.02 Å². The van der Waals surface area contributed by atoms with Gasteiger partial charge in [-0.1, -0.05) is 23.7 Å². The molecular formula is C17H18ClFN2O2. The van der Waals surface area contributed by atoms with Gasteiger partial charge in [0, 0.05) is 23.8 Å². The summed E-state index contributed by atoms with van der Waals surface area (Å²) in [7, 11) is 0. The quantitative estimate of drug-likeness (QED) is 0.759. The Morgan fingerprint density at radius 1 is 1.26 bits per heavy atom. The van der Waals surface area contributed by atoms with Crippen molar-refractivity contribution in [3.8, 4) is 0 Å². The Bertz CT molecular complexity index is 677. The largest absolute Gasteiger partial charge is 0.394 e. The number of benzene rings is 2. The highest BCUT2D eigenvalue weighted by atomic mass is 35.5. The third-order valence-corrected chi connectivity index (χ3v) is 3.74. The lowest BCUT2D eigenvalue weighted by molar-refractivity contribution is 0.0922. The van der Waals surface area contributed by atoms with Crippen molar-refractivity contribution in [2.75, 3.05) is 11.9 Å². The van der Waals surface area contributed by atoms with Gasteiger partial charge in [0.05, 0.1) is 11.6 Å². The van der Waals surface area contributed by atoms with Gasteiger partial charge in [-0.25, -0.2) is 4.39 Å². The first-order valence-corrected chi connectivity index (χ1v) is 7.57. The van der Waals surface area contributed by atoms with E-state index in [4.69, 9.17) is 16.7 Å². The van der Waals surface area contributed by atoms with Gasteiger partial charge in [-0.05, 0) is 42.8 Å². The number of hydrogen-bond donors (Lipinski definition) is 3. The number of rotatable bonds is 6. The van der Waals surface area contributed by atoms with Gasteiger partial charge in [0.2, 0.25) is 0 Å². The van der Waals surface area contributed by atoms with Gasteiger partial charge in [0.25, 0.3) is 5.91 Å². The lowest BCUT2D eigenvalue weighted by Crippen LogP contribution is -2.34. The molecule has 1 atom stereocenters. The fraction of sp³-hybridized carbons (Fsp3) is 0.235. The molecule has 0 aromatic heterocycles. The van der Waals surface area contributed by atoms with E-state index >= 15 is 0 Å². The number of hydrogen-bond acceptors (Lipinski definition) is 3. The van der Waals surface area contributed by atoms with Crippen molar-refractivity contribution in [3.05, 3.63) is 64.4 Å². The van der Waals surface area contributed by atoms with Crippen LogP contribution in [0.15, 0.2) is 42.5 Å². The van der Waals surface area contributed by atoms with Crippen molar-refractivity contribution < 1.29 is 14.3 Å². The van der Waals surface area contributed by atoms with E-state index in [1.54, 1.807) is 43.3 Å². The van der Waals surface area contributed by atoms with Crippen molar-refractivity contribution in [1.82, 2.24) is 5.32 Å². The second-order valence-electron chi connectivity index (χ2n) is 5.20. The summed E-state index contributed by atoms with van der Waals surface area (Å²) in [6.07, 6.45) is 0. The van der Waals surface area contributed by atoms with Crippen molar-refractivity contribution in [2.24, 2.45) is 0 Å². The smallest absolute Gasteiger partial charge is 0.251 e. The molecule has 2 aromatic rings. The Morgan fingerprint density at radius 2 is 1.96 bits per heavy atom. The lowest BCUT2D eigenvalue weighted by Gasteiger charge is -2.12. The van der Waals surface area contributed by atoms with Crippen molar-refractivity contribution in [3.63, 3.8) is 0 Å². The maximum absolute atomic E-state index is 13.4. The maximum Gasteiger partial charge on any atom is 0.251 e. The summed E-state index contributed by atoms with van der Waals surface area (Å²) < 4.78 is 13.4. The standard InChI is InChI=1S/C17H18ClFN2O2/c1-11(10-22)21-17(23)12-5-7-14(8-6-12)20-9-13-3-2-4-15(19)16(13)18/h2-8,11,20,22H,9-10H2,1H3,(H,21,23). The van der Waals surface area contributed by atoms with Crippen LogP contribution in [0.4, 0.5) is 10.1 Å². The summed E-state index contributed by atoms with van der Waals surface area (Å²) in [6.45, 7) is 1.99. The summed E-state index contributed by atoms with van der Waals surface area (Å²) in [5, 5.41) is 14.8. The number of amides is 1. The molecule has 0 aliphatic rings. The van der Waals surface area contributed by atoms with Crippen LogP contribution < -0.4 is 10.6 Å². The Hall–Kier alpha value is -2.11. The lowest BCUT2D eigenvalue weighted by atomic mass is 10.1. The Morgan fingerprint density at radius 3 is 2.61 bits per heavy atom. The summed E-state index contributed by atoms with van der Waals surface area (Å²) in [5.74, 6) is -0.692. The minimum absolute atomic E-state index is 0.106. The summed E-state index contributed by atoms with van der Waals surface area (Å²) >= 11 is 5.90. The summed E-state index contributed by atoms with van der Waals surface area (Å²) in [4.78, 5) is 11.9. The number of nitrogens with one attached hydrogen (secondary N) is 2. The van der Waals surface area contributed by atoms with Crippen LogP contribution in [-0.2, 0) is 6.54 Å². The van der Waals surface area contributed by atoms with E-state index in [9.17, 15) is 9.18 Å². The second kappa shape index (κ2) is 7.94. The van der Waals surface area contributed by atoms with Gasteiger partial charge in [-0.3, -0.25) is 4.79 Å². The second-order valence-corrected chi connectivity index (χ2v) is 5.58. The minimum atomic E-state index is -0.448. The first-order valence-electron chi connectivity index (χ1n) is 7.20. The van der Waals surface area contributed by atoms with E-state index in [0.29, 0.717) is 17.7 Å². The molecule has 0 aliphatic heterocycles. The highest BCUT2D eigenvalue weighted by Crippen LogP contribution is 2.21. The summed E-state index contributed by atoms with van der Waals surface area (Å²) in [6, 6.07) is 11.2. The topological polar surface area (TPSA) is 61.4 Å². The fourth-order valence-corrected chi connectivity index (χ4v) is 2.17. The molecular weight excluding hydrogens is 319 g/mol. The van der Waals surface area contributed by atoms with Crippen LogP contribution in [0.5, 0.6) is 0 Å². The molecule has 0 spiro atoms. The van der Waals surface area contributed by atoms with E-state index in [1.165, 1.54) is 6.07 Å². The Labute approximate surface area is 139 Å².